The topological polar surface area (TPSA) is 35.5 Å². The van der Waals surface area contributed by atoms with Crippen molar-refractivity contribution in [3.63, 3.8) is 0 Å². The number of benzene rings is 1. The van der Waals surface area contributed by atoms with Gasteiger partial charge in [-0.2, -0.15) is 0 Å². The molecule has 2 rings (SSSR count). The normalized spacial score (nSPS) is 16.2. The molecule has 0 saturated carbocycles. The molecule has 3 nitrogen and oxygen atoms in total. The number of fused-ring (bicyclic) bond motifs is 1. The number of halogens is 1. The van der Waals surface area contributed by atoms with Crippen LogP contribution in [0, 0.1) is 0 Å². The van der Waals surface area contributed by atoms with Gasteiger partial charge in [0.1, 0.15) is 5.75 Å². The lowest BCUT2D eigenvalue weighted by molar-refractivity contribution is -0.137. The van der Waals surface area contributed by atoms with Crippen molar-refractivity contribution in [3.05, 3.63) is 34.3 Å². The van der Waals surface area contributed by atoms with E-state index in [1.54, 1.807) is 13.0 Å². The van der Waals surface area contributed by atoms with Crippen LogP contribution >= 0.6 is 15.9 Å². The lowest BCUT2D eigenvalue weighted by Gasteiger charge is -2.20. The first-order chi connectivity index (χ1) is 8.20. The number of carbonyl (C=O) groups is 1. The minimum absolute atomic E-state index is 0.296. The van der Waals surface area contributed by atoms with Crippen molar-refractivity contribution in [1.82, 2.24) is 0 Å². The number of esters is 1. The maximum atomic E-state index is 11.5. The van der Waals surface area contributed by atoms with Crippen LogP contribution in [0.4, 0.5) is 0 Å². The lowest BCUT2D eigenvalue weighted by atomic mass is 9.99. The number of hydrogen-bond acceptors (Lipinski definition) is 3. The van der Waals surface area contributed by atoms with Crippen LogP contribution in [-0.4, -0.2) is 19.2 Å². The molecular formula is C13H13BrO3. The van der Waals surface area contributed by atoms with Crippen LogP contribution in [0.1, 0.15) is 18.9 Å². The van der Waals surface area contributed by atoms with Crippen molar-refractivity contribution in [2.75, 3.05) is 13.2 Å². The zero-order valence-corrected chi connectivity index (χ0v) is 11.1. The van der Waals surface area contributed by atoms with Gasteiger partial charge in [-0.15, -0.1) is 0 Å². The molecule has 1 aromatic rings. The first-order valence-corrected chi connectivity index (χ1v) is 6.30. The van der Waals surface area contributed by atoms with E-state index in [2.05, 4.69) is 15.9 Å². The summed E-state index contributed by atoms with van der Waals surface area (Å²) in [7, 11) is 0. The van der Waals surface area contributed by atoms with Gasteiger partial charge in [-0.05, 0) is 30.7 Å². The standard InChI is InChI=1S/C13H13BrO3/c1-2-16-13(15)7-9-5-6-17-12-4-3-10(14)8-11(9)12/h3-4,7-8H,2,5-6H2,1H3/b9-7-. The van der Waals surface area contributed by atoms with Crippen LogP contribution in [0.25, 0.3) is 5.57 Å². The Bertz CT molecular complexity index is 466. The Labute approximate surface area is 109 Å². The number of rotatable bonds is 2. The zero-order chi connectivity index (χ0) is 12.3. The molecule has 0 N–H and O–H groups in total. The summed E-state index contributed by atoms with van der Waals surface area (Å²) in [5, 5.41) is 0. The largest absolute Gasteiger partial charge is 0.493 e. The molecular weight excluding hydrogens is 284 g/mol. The van der Waals surface area contributed by atoms with E-state index in [0.29, 0.717) is 13.2 Å². The highest BCUT2D eigenvalue weighted by Gasteiger charge is 2.16. The van der Waals surface area contributed by atoms with Crippen molar-refractivity contribution in [2.45, 2.75) is 13.3 Å². The highest BCUT2D eigenvalue weighted by molar-refractivity contribution is 9.10. The van der Waals surface area contributed by atoms with E-state index in [9.17, 15) is 4.79 Å². The Morgan fingerprint density at radius 2 is 2.41 bits per heavy atom. The van der Waals surface area contributed by atoms with Crippen LogP contribution in [0.3, 0.4) is 0 Å². The highest BCUT2D eigenvalue weighted by atomic mass is 79.9. The Hall–Kier alpha value is -1.29. The fourth-order valence-corrected chi connectivity index (χ4v) is 2.12. The molecule has 4 heteroatoms. The summed E-state index contributed by atoms with van der Waals surface area (Å²) in [4.78, 5) is 11.5. The number of hydrogen-bond donors (Lipinski definition) is 0. The van der Waals surface area contributed by atoms with Gasteiger partial charge in [0.2, 0.25) is 0 Å². The monoisotopic (exact) mass is 296 g/mol. The third-order valence-electron chi connectivity index (χ3n) is 2.50. The molecule has 0 bridgehead atoms. The lowest BCUT2D eigenvalue weighted by Crippen LogP contribution is -2.10. The number of carbonyl (C=O) groups excluding carboxylic acids is 1. The molecule has 0 radical (unpaired) electrons. The van der Waals surface area contributed by atoms with Crippen molar-refractivity contribution in [3.8, 4) is 5.75 Å². The molecule has 0 amide bonds. The van der Waals surface area contributed by atoms with Gasteiger partial charge in [-0.1, -0.05) is 15.9 Å². The molecule has 17 heavy (non-hydrogen) atoms. The third-order valence-corrected chi connectivity index (χ3v) is 2.99. The molecule has 1 aliphatic heterocycles. The van der Waals surface area contributed by atoms with Crippen LogP contribution in [0.5, 0.6) is 5.75 Å². The second-order valence-electron chi connectivity index (χ2n) is 3.66. The van der Waals surface area contributed by atoms with E-state index in [1.165, 1.54) is 0 Å². The van der Waals surface area contributed by atoms with E-state index in [0.717, 1.165) is 27.8 Å². The van der Waals surface area contributed by atoms with Gasteiger partial charge in [-0.25, -0.2) is 4.79 Å². The molecule has 1 aliphatic rings. The first kappa shape index (κ1) is 12.2. The van der Waals surface area contributed by atoms with E-state index in [-0.39, 0.29) is 5.97 Å². The second-order valence-corrected chi connectivity index (χ2v) is 4.58. The number of ether oxygens (including phenoxy) is 2. The predicted molar refractivity (Wildman–Crippen MR) is 68.9 cm³/mol. The van der Waals surface area contributed by atoms with E-state index >= 15 is 0 Å². The first-order valence-electron chi connectivity index (χ1n) is 5.50. The van der Waals surface area contributed by atoms with Crippen molar-refractivity contribution in [1.29, 1.82) is 0 Å². The summed E-state index contributed by atoms with van der Waals surface area (Å²) >= 11 is 3.42. The quantitative estimate of drug-likeness (QED) is 0.621. The molecule has 0 aliphatic carbocycles. The average molecular weight is 297 g/mol. The molecule has 0 spiro atoms. The molecule has 0 saturated heterocycles. The third kappa shape index (κ3) is 2.88. The summed E-state index contributed by atoms with van der Waals surface area (Å²) in [6.45, 7) is 2.79. The van der Waals surface area contributed by atoms with E-state index in [1.807, 2.05) is 18.2 Å². The highest BCUT2D eigenvalue weighted by Crippen LogP contribution is 2.34. The van der Waals surface area contributed by atoms with Crippen molar-refractivity contribution < 1.29 is 14.3 Å². The van der Waals surface area contributed by atoms with Crippen LogP contribution in [-0.2, 0) is 9.53 Å². The molecule has 0 aromatic heterocycles. The second kappa shape index (κ2) is 5.36. The van der Waals surface area contributed by atoms with Crippen molar-refractivity contribution in [2.24, 2.45) is 0 Å². The maximum absolute atomic E-state index is 11.5. The molecule has 0 fully saturated rings. The minimum atomic E-state index is -0.296. The fourth-order valence-electron chi connectivity index (χ4n) is 1.76. The molecule has 1 aromatic carbocycles. The summed E-state index contributed by atoms with van der Waals surface area (Å²) in [5.41, 5.74) is 1.92. The van der Waals surface area contributed by atoms with E-state index < -0.39 is 0 Å². The Morgan fingerprint density at radius 3 is 3.18 bits per heavy atom. The van der Waals surface area contributed by atoms with E-state index in [4.69, 9.17) is 9.47 Å². The van der Waals surface area contributed by atoms with Gasteiger partial charge >= 0.3 is 5.97 Å². The summed E-state index contributed by atoms with van der Waals surface area (Å²) in [6, 6.07) is 5.78. The van der Waals surface area contributed by atoms with Gasteiger partial charge in [0, 0.05) is 22.5 Å². The maximum Gasteiger partial charge on any atom is 0.331 e. The minimum Gasteiger partial charge on any atom is -0.493 e. The zero-order valence-electron chi connectivity index (χ0n) is 9.53. The molecule has 0 unspecified atom stereocenters. The van der Waals surface area contributed by atoms with Crippen LogP contribution in [0.2, 0.25) is 0 Å². The smallest absolute Gasteiger partial charge is 0.331 e. The van der Waals surface area contributed by atoms with Crippen LogP contribution in [0.15, 0.2) is 28.7 Å². The van der Waals surface area contributed by atoms with Gasteiger partial charge in [-0.3, -0.25) is 0 Å². The predicted octanol–water partition coefficient (Wildman–Crippen LogP) is 3.18. The molecule has 90 valence electrons. The Morgan fingerprint density at radius 1 is 1.59 bits per heavy atom. The average Bonchev–Trinajstić information content (AvgIpc) is 2.30. The summed E-state index contributed by atoms with van der Waals surface area (Å²) in [6.07, 6.45) is 2.28. The van der Waals surface area contributed by atoms with Gasteiger partial charge in [0.25, 0.3) is 0 Å². The summed E-state index contributed by atoms with van der Waals surface area (Å²) < 4.78 is 11.4. The van der Waals surface area contributed by atoms with Gasteiger partial charge < -0.3 is 9.47 Å². The van der Waals surface area contributed by atoms with Gasteiger partial charge in [0.05, 0.1) is 13.2 Å². The molecule has 0 atom stereocenters. The van der Waals surface area contributed by atoms with Crippen LogP contribution < -0.4 is 4.74 Å². The Kier molecular flexibility index (Phi) is 3.84. The van der Waals surface area contributed by atoms with Crippen molar-refractivity contribution >= 4 is 27.5 Å². The summed E-state index contributed by atoms with van der Waals surface area (Å²) in [5.74, 6) is 0.519. The van der Waals surface area contributed by atoms with Gasteiger partial charge in [0.15, 0.2) is 0 Å². The SMILES string of the molecule is CCOC(=O)/C=C1/CCOc2ccc(Br)cc21. The molecule has 1 heterocycles. The fraction of sp³-hybridized carbons (Fsp3) is 0.308. The Balaban J connectivity index is 2.33.